The fourth-order valence-electron chi connectivity index (χ4n) is 2.06. The fourth-order valence-corrected chi connectivity index (χ4v) is 3.06. The van der Waals surface area contributed by atoms with Gasteiger partial charge in [0.1, 0.15) is 13.2 Å². The molecule has 2 heterocycles. The molecular formula is C15H16N2O2S. The summed E-state index contributed by atoms with van der Waals surface area (Å²) in [6, 6.07) is 11.9. The highest BCUT2D eigenvalue weighted by atomic mass is 32.2. The quantitative estimate of drug-likeness (QED) is 0.877. The van der Waals surface area contributed by atoms with Gasteiger partial charge in [0.2, 0.25) is 0 Å². The van der Waals surface area contributed by atoms with E-state index >= 15 is 0 Å². The lowest BCUT2D eigenvalue weighted by atomic mass is 10.3. The predicted molar refractivity (Wildman–Crippen MR) is 79.3 cm³/mol. The first-order valence-corrected chi connectivity index (χ1v) is 7.42. The third-order valence-corrected chi connectivity index (χ3v) is 4.27. The second-order valence-electron chi connectivity index (χ2n) is 4.40. The Morgan fingerprint density at radius 1 is 1.15 bits per heavy atom. The molecule has 1 aliphatic heterocycles. The van der Waals surface area contributed by atoms with Crippen molar-refractivity contribution >= 4 is 11.8 Å². The molecule has 0 saturated heterocycles. The molecule has 0 radical (unpaired) electrons. The number of aromatic nitrogens is 1. The molecule has 3 rings (SSSR count). The molecule has 20 heavy (non-hydrogen) atoms. The summed E-state index contributed by atoms with van der Waals surface area (Å²) in [5.74, 6) is 1.61. The van der Waals surface area contributed by atoms with Gasteiger partial charge in [-0.2, -0.15) is 0 Å². The molecule has 0 bridgehead atoms. The van der Waals surface area contributed by atoms with Crippen LogP contribution in [0.3, 0.4) is 0 Å². The third-order valence-electron chi connectivity index (χ3n) is 3.02. The lowest BCUT2D eigenvalue weighted by Crippen LogP contribution is -2.15. The predicted octanol–water partition coefficient (Wildman–Crippen LogP) is 2.64. The standard InChI is InChI=1S/C15H16N2O2S/c16-10-15(12-3-1-2-6-17-12)20-11-4-5-13-14(9-11)19-8-7-18-13/h1-6,9,15H,7-8,10,16H2. The van der Waals surface area contributed by atoms with Gasteiger partial charge >= 0.3 is 0 Å². The molecule has 0 saturated carbocycles. The van der Waals surface area contributed by atoms with Gasteiger partial charge in [0.25, 0.3) is 0 Å². The van der Waals surface area contributed by atoms with Crippen LogP contribution >= 0.6 is 11.8 Å². The molecule has 0 fully saturated rings. The summed E-state index contributed by atoms with van der Waals surface area (Å²) in [5.41, 5.74) is 6.87. The minimum absolute atomic E-state index is 0.138. The number of hydrogen-bond donors (Lipinski definition) is 1. The van der Waals surface area contributed by atoms with Crippen molar-refractivity contribution in [2.75, 3.05) is 19.8 Å². The largest absolute Gasteiger partial charge is 0.486 e. The Balaban J connectivity index is 1.79. The van der Waals surface area contributed by atoms with Gasteiger partial charge in [0, 0.05) is 17.6 Å². The molecule has 1 aliphatic rings. The Bertz CT molecular complexity index is 577. The van der Waals surface area contributed by atoms with Crippen LogP contribution in [0.25, 0.3) is 0 Å². The molecule has 0 amide bonds. The van der Waals surface area contributed by atoms with E-state index in [0.717, 1.165) is 22.1 Å². The molecule has 4 nitrogen and oxygen atoms in total. The van der Waals surface area contributed by atoms with Crippen molar-refractivity contribution < 1.29 is 9.47 Å². The van der Waals surface area contributed by atoms with Crippen molar-refractivity contribution in [3.63, 3.8) is 0 Å². The topological polar surface area (TPSA) is 57.4 Å². The third kappa shape index (κ3) is 2.89. The van der Waals surface area contributed by atoms with E-state index in [2.05, 4.69) is 4.98 Å². The van der Waals surface area contributed by atoms with Crippen molar-refractivity contribution in [1.29, 1.82) is 0 Å². The second-order valence-corrected chi connectivity index (χ2v) is 5.68. The lowest BCUT2D eigenvalue weighted by Gasteiger charge is -2.20. The highest BCUT2D eigenvalue weighted by Crippen LogP contribution is 2.39. The number of hydrogen-bond acceptors (Lipinski definition) is 5. The van der Waals surface area contributed by atoms with Crippen molar-refractivity contribution in [2.24, 2.45) is 5.73 Å². The van der Waals surface area contributed by atoms with Crippen molar-refractivity contribution in [1.82, 2.24) is 4.98 Å². The van der Waals surface area contributed by atoms with Gasteiger partial charge in [-0.15, -0.1) is 11.8 Å². The first kappa shape index (κ1) is 13.3. The molecule has 1 unspecified atom stereocenters. The molecular weight excluding hydrogens is 272 g/mol. The van der Waals surface area contributed by atoms with Crippen LogP contribution in [-0.4, -0.2) is 24.7 Å². The minimum atomic E-state index is 0.138. The number of ether oxygens (including phenoxy) is 2. The van der Waals surface area contributed by atoms with Crippen molar-refractivity contribution in [3.05, 3.63) is 48.3 Å². The van der Waals surface area contributed by atoms with Gasteiger partial charge in [-0.1, -0.05) is 6.07 Å². The zero-order chi connectivity index (χ0) is 13.8. The van der Waals surface area contributed by atoms with E-state index in [1.54, 1.807) is 18.0 Å². The molecule has 0 spiro atoms. The van der Waals surface area contributed by atoms with Crippen LogP contribution in [0.15, 0.2) is 47.5 Å². The lowest BCUT2D eigenvalue weighted by molar-refractivity contribution is 0.171. The van der Waals surface area contributed by atoms with Gasteiger partial charge < -0.3 is 15.2 Å². The monoisotopic (exact) mass is 288 g/mol. The second kappa shape index (κ2) is 6.15. The molecule has 1 aromatic heterocycles. The summed E-state index contributed by atoms with van der Waals surface area (Å²) in [5, 5.41) is 0.138. The van der Waals surface area contributed by atoms with E-state index in [1.165, 1.54) is 0 Å². The van der Waals surface area contributed by atoms with E-state index in [9.17, 15) is 0 Å². The SMILES string of the molecule is NCC(Sc1ccc2c(c1)OCCO2)c1ccccn1. The molecule has 5 heteroatoms. The van der Waals surface area contributed by atoms with Crippen molar-refractivity contribution in [3.8, 4) is 11.5 Å². The Hall–Kier alpha value is -1.72. The van der Waals surface area contributed by atoms with Gasteiger partial charge in [-0.25, -0.2) is 0 Å². The maximum atomic E-state index is 5.87. The van der Waals surface area contributed by atoms with Crippen LogP contribution < -0.4 is 15.2 Å². The zero-order valence-electron chi connectivity index (χ0n) is 11.0. The average Bonchev–Trinajstić information content (AvgIpc) is 2.53. The number of benzene rings is 1. The van der Waals surface area contributed by atoms with Crippen LogP contribution in [0.4, 0.5) is 0 Å². The summed E-state index contributed by atoms with van der Waals surface area (Å²) in [4.78, 5) is 5.48. The summed E-state index contributed by atoms with van der Waals surface area (Å²) in [6.45, 7) is 1.75. The van der Waals surface area contributed by atoms with Gasteiger partial charge in [0.15, 0.2) is 11.5 Å². The van der Waals surface area contributed by atoms with Gasteiger partial charge in [0.05, 0.1) is 10.9 Å². The van der Waals surface area contributed by atoms with Crippen LogP contribution in [0.5, 0.6) is 11.5 Å². The molecule has 1 aromatic carbocycles. The van der Waals surface area contributed by atoms with E-state index in [1.807, 2.05) is 36.4 Å². The number of nitrogens with two attached hydrogens (primary N) is 1. The number of thioether (sulfide) groups is 1. The van der Waals surface area contributed by atoms with Crippen LogP contribution in [0, 0.1) is 0 Å². The summed E-state index contributed by atoms with van der Waals surface area (Å²) < 4.78 is 11.1. The number of fused-ring (bicyclic) bond motifs is 1. The zero-order valence-corrected chi connectivity index (χ0v) is 11.8. The summed E-state index contributed by atoms with van der Waals surface area (Å²) >= 11 is 1.69. The van der Waals surface area contributed by atoms with Crippen LogP contribution in [0.1, 0.15) is 10.9 Å². The first-order valence-electron chi connectivity index (χ1n) is 6.54. The minimum Gasteiger partial charge on any atom is -0.486 e. The molecule has 104 valence electrons. The van der Waals surface area contributed by atoms with E-state index in [0.29, 0.717) is 19.8 Å². The summed E-state index contributed by atoms with van der Waals surface area (Å²) in [6.07, 6.45) is 1.79. The van der Waals surface area contributed by atoms with E-state index in [4.69, 9.17) is 15.2 Å². The van der Waals surface area contributed by atoms with Crippen LogP contribution in [0.2, 0.25) is 0 Å². The molecule has 2 N–H and O–H groups in total. The molecule has 1 atom stereocenters. The molecule has 0 aliphatic carbocycles. The Labute approximate surface area is 122 Å². The normalized spacial score (nSPS) is 14.8. The highest BCUT2D eigenvalue weighted by Gasteiger charge is 2.16. The van der Waals surface area contributed by atoms with Crippen LogP contribution in [-0.2, 0) is 0 Å². The number of nitrogens with zero attached hydrogens (tertiary/aromatic N) is 1. The Morgan fingerprint density at radius 2 is 2.00 bits per heavy atom. The Kier molecular flexibility index (Phi) is 4.08. The first-order chi connectivity index (χ1) is 9.86. The maximum absolute atomic E-state index is 5.87. The smallest absolute Gasteiger partial charge is 0.162 e. The van der Waals surface area contributed by atoms with E-state index < -0.39 is 0 Å². The summed E-state index contributed by atoms with van der Waals surface area (Å²) in [7, 11) is 0. The maximum Gasteiger partial charge on any atom is 0.162 e. The number of rotatable bonds is 4. The Morgan fingerprint density at radius 3 is 2.75 bits per heavy atom. The highest BCUT2D eigenvalue weighted by molar-refractivity contribution is 7.99. The van der Waals surface area contributed by atoms with E-state index in [-0.39, 0.29) is 5.25 Å². The average molecular weight is 288 g/mol. The molecule has 2 aromatic rings. The fraction of sp³-hybridized carbons (Fsp3) is 0.267. The van der Waals surface area contributed by atoms with Gasteiger partial charge in [-0.05, 0) is 30.3 Å². The van der Waals surface area contributed by atoms with Crippen molar-refractivity contribution in [2.45, 2.75) is 10.1 Å². The number of pyridine rings is 1. The van der Waals surface area contributed by atoms with Gasteiger partial charge in [-0.3, -0.25) is 4.98 Å².